The first-order valence-electron chi connectivity index (χ1n) is 6.69. The number of anilines is 1. The second-order valence-corrected chi connectivity index (χ2v) is 5.09. The van der Waals surface area contributed by atoms with Gasteiger partial charge in [0.1, 0.15) is 29.7 Å². The van der Waals surface area contributed by atoms with Gasteiger partial charge >= 0.3 is 0 Å². The van der Waals surface area contributed by atoms with Crippen LogP contribution in [0.3, 0.4) is 0 Å². The molecule has 3 heterocycles. The molecule has 0 radical (unpaired) electrons. The number of hydrogen-bond acceptors (Lipinski definition) is 9. The summed E-state index contributed by atoms with van der Waals surface area (Å²) in [6.07, 6.45) is -0.902. The zero-order chi connectivity index (χ0) is 15.9. The van der Waals surface area contributed by atoms with E-state index in [9.17, 15) is 20.4 Å². The Morgan fingerprint density at radius 2 is 2.14 bits per heavy atom. The first-order valence-corrected chi connectivity index (χ1v) is 6.69. The third kappa shape index (κ3) is 1.96. The largest absolute Gasteiger partial charge is 0.394 e. The average Bonchev–Trinajstić information content (AvgIpc) is 3.08. The van der Waals surface area contributed by atoms with Crippen molar-refractivity contribution in [3.8, 4) is 0 Å². The average molecular weight is 311 g/mol. The molecule has 120 valence electrons. The molecule has 0 aliphatic carbocycles. The smallest absolute Gasteiger partial charge is 0.167 e. The quantitative estimate of drug-likeness (QED) is 0.426. The molecule has 4 unspecified atom stereocenters. The predicted molar refractivity (Wildman–Crippen MR) is 73.9 cm³/mol. The lowest BCUT2D eigenvalue weighted by Crippen LogP contribution is -2.52. The summed E-state index contributed by atoms with van der Waals surface area (Å²) in [4.78, 5) is 12.3. The zero-order valence-corrected chi connectivity index (χ0v) is 11.8. The number of ether oxygens (including phenoxy) is 1. The van der Waals surface area contributed by atoms with Gasteiger partial charge in [0.2, 0.25) is 0 Å². The van der Waals surface area contributed by atoms with E-state index >= 15 is 0 Å². The Kier molecular flexibility index (Phi) is 3.70. The second kappa shape index (κ2) is 5.41. The summed E-state index contributed by atoms with van der Waals surface area (Å²) in [6.45, 7) is -1.30. The molecule has 2 aromatic heterocycles. The summed E-state index contributed by atoms with van der Waals surface area (Å²) in [5.74, 6) is 0.507. The molecule has 1 saturated heterocycles. The zero-order valence-electron chi connectivity index (χ0n) is 11.8. The van der Waals surface area contributed by atoms with Gasteiger partial charge in [0.25, 0.3) is 0 Å². The van der Waals surface area contributed by atoms with Crippen LogP contribution < -0.4 is 5.32 Å². The lowest BCUT2D eigenvalue weighted by atomic mass is 9.93. The highest BCUT2D eigenvalue weighted by Gasteiger charge is 2.55. The molecule has 0 amide bonds. The van der Waals surface area contributed by atoms with Crippen molar-refractivity contribution < 1.29 is 25.2 Å². The predicted octanol–water partition coefficient (Wildman–Crippen LogP) is -2.16. The van der Waals surface area contributed by atoms with Gasteiger partial charge in [-0.3, -0.25) is 4.57 Å². The minimum Gasteiger partial charge on any atom is -0.394 e. The molecular formula is C12H17N5O5. The van der Waals surface area contributed by atoms with Crippen LogP contribution in [0.5, 0.6) is 0 Å². The molecule has 0 spiro atoms. The summed E-state index contributed by atoms with van der Waals surface area (Å²) < 4.78 is 6.92. The van der Waals surface area contributed by atoms with E-state index in [1.165, 1.54) is 17.2 Å². The van der Waals surface area contributed by atoms with E-state index in [-0.39, 0.29) is 0 Å². The van der Waals surface area contributed by atoms with Gasteiger partial charge in [-0.2, -0.15) is 0 Å². The van der Waals surface area contributed by atoms with E-state index in [1.54, 1.807) is 7.05 Å². The monoisotopic (exact) mass is 311 g/mol. The van der Waals surface area contributed by atoms with E-state index < -0.39 is 37.3 Å². The third-order valence-electron chi connectivity index (χ3n) is 3.93. The minimum absolute atomic E-state index is 0.391. The van der Waals surface area contributed by atoms with Gasteiger partial charge in [-0.15, -0.1) is 0 Å². The van der Waals surface area contributed by atoms with Crippen LogP contribution in [0.2, 0.25) is 0 Å². The van der Waals surface area contributed by atoms with Crippen molar-refractivity contribution in [3.63, 3.8) is 0 Å². The number of nitrogens with zero attached hydrogens (tertiary/aromatic N) is 4. The van der Waals surface area contributed by atoms with Crippen molar-refractivity contribution in [1.82, 2.24) is 19.5 Å². The van der Waals surface area contributed by atoms with Gasteiger partial charge in [-0.25, -0.2) is 15.0 Å². The summed E-state index contributed by atoms with van der Waals surface area (Å²) >= 11 is 0. The lowest BCUT2D eigenvalue weighted by Gasteiger charge is -2.27. The normalized spacial score (nSPS) is 31.8. The molecule has 0 bridgehead atoms. The first kappa shape index (κ1) is 15.1. The third-order valence-corrected chi connectivity index (χ3v) is 3.93. The SMILES string of the molecule is CNc1ncnc2c1ncn2C1OC(CO)C(O)(CO)C1O. The number of aliphatic hydroxyl groups excluding tert-OH is 3. The van der Waals surface area contributed by atoms with E-state index in [4.69, 9.17) is 4.74 Å². The Bertz CT molecular complexity index is 679. The highest BCUT2D eigenvalue weighted by molar-refractivity contribution is 5.82. The standard InChI is InChI=1S/C12H17N5O5/c1-13-9-7-10(15-4-14-9)17(5-16-7)11-8(20)12(21,3-19)6(2-18)22-11/h4-6,8,11,18-21H,2-3H2,1H3,(H,13,14,15). The molecule has 0 aromatic carbocycles. The van der Waals surface area contributed by atoms with Crippen LogP contribution in [0.4, 0.5) is 5.82 Å². The van der Waals surface area contributed by atoms with E-state index in [0.717, 1.165) is 0 Å². The van der Waals surface area contributed by atoms with Crippen molar-refractivity contribution in [1.29, 1.82) is 0 Å². The molecule has 3 rings (SSSR count). The number of aliphatic hydroxyl groups is 4. The summed E-state index contributed by atoms with van der Waals surface area (Å²) in [5, 5.41) is 42.1. The van der Waals surface area contributed by atoms with Crippen LogP contribution in [-0.4, -0.2) is 78.0 Å². The lowest BCUT2D eigenvalue weighted by molar-refractivity contribution is -0.119. The van der Waals surface area contributed by atoms with Gasteiger partial charge in [-0.1, -0.05) is 0 Å². The van der Waals surface area contributed by atoms with Crippen LogP contribution in [0.1, 0.15) is 6.23 Å². The fourth-order valence-electron chi connectivity index (χ4n) is 2.63. The Morgan fingerprint density at radius 3 is 2.73 bits per heavy atom. The maximum Gasteiger partial charge on any atom is 0.167 e. The molecule has 4 atom stereocenters. The first-order chi connectivity index (χ1) is 10.6. The Hall–Kier alpha value is -1.85. The van der Waals surface area contributed by atoms with Gasteiger partial charge in [0.15, 0.2) is 17.7 Å². The van der Waals surface area contributed by atoms with Crippen molar-refractivity contribution in [2.75, 3.05) is 25.6 Å². The number of nitrogens with one attached hydrogen (secondary N) is 1. The van der Waals surface area contributed by atoms with Gasteiger partial charge < -0.3 is 30.5 Å². The van der Waals surface area contributed by atoms with Crippen molar-refractivity contribution in [2.24, 2.45) is 0 Å². The number of rotatable bonds is 4. The maximum absolute atomic E-state index is 10.3. The number of fused-ring (bicyclic) bond motifs is 1. The molecular weight excluding hydrogens is 294 g/mol. The van der Waals surface area contributed by atoms with Crippen LogP contribution >= 0.6 is 0 Å². The molecule has 10 heteroatoms. The van der Waals surface area contributed by atoms with E-state index in [0.29, 0.717) is 17.0 Å². The number of aromatic nitrogens is 4. The topological polar surface area (TPSA) is 146 Å². The highest BCUT2D eigenvalue weighted by atomic mass is 16.6. The van der Waals surface area contributed by atoms with Crippen LogP contribution in [0, 0.1) is 0 Å². The Morgan fingerprint density at radius 1 is 1.36 bits per heavy atom. The fourth-order valence-corrected chi connectivity index (χ4v) is 2.63. The van der Waals surface area contributed by atoms with Crippen molar-refractivity contribution in [3.05, 3.63) is 12.7 Å². The van der Waals surface area contributed by atoms with E-state index in [2.05, 4.69) is 20.3 Å². The Balaban J connectivity index is 2.05. The van der Waals surface area contributed by atoms with Crippen LogP contribution in [-0.2, 0) is 4.74 Å². The van der Waals surface area contributed by atoms with Crippen molar-refractivity contribution >= 4 is 17.0 Å². The van der Waals surface area contributed by atoms with Crippen LogP contribution in [0.15, 0.2) is 12.7 Å². The molecule has 2 aromatic rings. The highest BCUT2D eigenvalue weighted by Crippen LogP contribution is 2.38. The maximum atomic E-state index is 10.3. The molecule has 5 N–H and O–H groups in total. The number of imidazole rings is 1. The van der Waals surface area contributed by atoms with Gasteiger partial charge in [0, 0.05) is 7.05 Å². The number of hydrogen-bond donors (Lipinski definition) is 5. The molecule has 1 aliphatic rings. The summed E-state index contributed by atoms with van der Waals surface area (Å²) in [6, 6.07) is 0. The summed E-state index contributed by atoms with van der Waals surface area (Å²) in [7, 11) is 1.69. The second-order valence-electron chi connectivity index (χ2n) is 5.09. The summed E-state index contributed by atoms with van der Waals surface area (Å²) in [5.41, 5.74) is -1.10. The van der Waals surface area contributed by atoms with Crippen molar-refractivity contribution in [2.45, 2.75) is 24.0 Å². The molecule has 22 heavy (non-hydrogen) atoms. The Labute approximate surface area is 125 Å². The molecule has 0 saturated carbocycles. The molecule has 1 fully saturated rings. The van der Waals surface area contributed by atoms with Gasteiger partial charge in [-0.05, 0) is 0 Å². The van der Waals surface area contributed by atoms with E-state index in [1.807, 2.05) is 0 Å². The van der Waals surface area contributed by atoms with Crippen LogP contribution in [0.25, 0.3) is 11.2 Å². The molecule has 1 aliphatic heterocycles. The minimum atomic E-state index is -1.96. The molecule has 10 nitrogen and oxygen atoms in total. The fraction of sp³-hybridized carbons (Fsp3) is 0.583. The van der Waals surface area contributed by atoms with Gasteiger partial charge in [0.05, 0.1) is 19.5 Å².